The van der Waals surface area contributed by atoms with Crippen LogP contribution in [0.2, 0.25) is 5.02 Å². The van der Waals surface area contributed by atoms with Gasteiger partial charge in [-0.15, -0.1) is 12.4 Å². The van der Waals surface area contributed by atoms with Crippen molar-refractivity contribution in [2.24, 2.45) is 5.73 Å². The fourth-order valence-electron chi connectivity index (χ4n) is 1.15. The normalized spacial score (nSPS) is 11.4. The van der Waals surface area contributed by atoms with Crippen LogP contribution in [0.1, 0.15) is 5.56 Å². The quantitative estimate of drug-likeness (QED) is 0.832. The van der Waals surface area contributed by atoms with E-state index < -0.39 is 12.0 Å². The number of nitrogens with two attached hydrogens (primary N) is 1. The number of benzene rings is 1. The second-order valence-electron chi connectivity index (χ2n) is 2.96. The Labute approximate surface area is 100.0 Å². The Bertz CT molecular complexity index is 331. The van der Waals surface area contributed by atoms with E-state index in [-0.39, 0.29) is 12.4 Å². The zero-order valence-corrected chi connectivity index (χ0v) is 9.85. The molecule has 84 valence electrons. The lowest BCUT2D eigenvalue weighted by atomic mass is 10.1. The summed E-state index contributed by atoms with van der Waals surface area (Å²) in [7, 11) is 1.32. The van der Waals surface area contributed by atoms with Crippen molar-refractivity contribution in [2.75, 3.05) is 7.11 Å². The highest BCUT2D eigenvalue weighted by Gasteiger charge is 2.13. The van der Waals surface area contributed by atoms with E-state index in [9.17, 15) is 4.79 Å². The first kappa shape index (κ1) is 14.2. The molecule has 0 heterocycles. The van der Waals surface area contributed by atoms with Crippen LogP contribution in [0, 0.1) is 0 Å². The molecule has 0 amide bonds. The lowest BCUT2D eigenvalue weighted by molar-refractivity contribution is -0.142. The average molecular weight is 250 g/mol. The van der Waals surface area contributed by atoms with Gasteiger partial charge in [0, 0.05) is 5.02 Å². The number of carbonyl (C=O) groups is 1. The molecule has 15 heavy (non-hydrogen) atoms. The third kappa shape index (κ3) is 4.51. The molecule has 0 saturated carbocycles. The van der Waals surface area contributed by atoms with Crippen molar-refractivity contribution in [3.05, 3.63) is 34.9 Å². The molecule has 0 aromatic heterocycles. The second-order valence-corrected chi connectivity index (χ2v) is 3.40. The van der Waals surface area contributed by atoms with Gasteiger partial charge in [0.2, 0.25) is 0 Å². The number of halogens is 2. The third-order valence-electron chi connectivity index (χ3n) is 1.85. The van der Waals surface area contributed by atoms with E-state index in [4.69, 9.17) is 17.3 Å². The van der Waals surface area contributed by atoms with Crippen molar-refractivity contribution in [3.63, 3.8) is 0 Å². The molecule has 3 nitrogen and oxygen atoms in total. The molecular formula is C10H13Cl2NO2. The third-order valence-corrected chi connectivity index (χ3v) is 2.08. The monoisotopic (exact) mass is 249 g/mol. The molecule has 1 rings (SSSR count). The predicted molar refractivity (Wildman–Crippen MR) is 62.4 cm³/mol. The van der Waals surface area contributed by atoms with Gasteiger partial charge in [-0.05, 0) is 24.1 Å². The smallest absolute Gasteiger partial charge is 0.322 e. The van der Waals surface area contributed by atoms with Gasteiger partial charge in [-0.25, -0.2) is 0 Å². The fourth-order valence-corrected chi connectivity index (χ4v) is 1.37. The van der Waals surface area contributed by atoms with Crippen LogP contribution in [-0.2, 0) is 16.0 Å². The maximum absolute atomic E-state index is 11.0. The zero-order valence-electron chi connectivity index (χ0n) is 8.27. The molecule has 0 spiro atoms. The summed E-state index contributed by atoms with van der Waals surface area (Å²) in [5.74, 6) is -0.412. The molecule has 1 aromatic rings. The van der Waals surface area contributed by atoms with Crippen LogP contribution in [0.15, 0.2) is 24.3 Å². The van der Waals surface area contributed by atoms with E-state index >= 15 is 0 Å². The van der Waals surface area contributed by atoms with Crippen LogP contribution in [0.3, 0.4) is 0 Å². The number of methoxy groups -OCH3 is 1. The molecule has 0 bridgehead atoms. The molecular weight excluding hydrogens is 237 g/mol. The van der Waals surface area contributed by atoms with E-state index in [1.54, 1.807) is 12.1 Å². The molecule has 2 N–H and O–H groups in total. The molecule has 0 aliphatic rings. The molecule has 1 atom stereocenters. The highest BCUT2D eigenvalue weighted by Crippen LogP contribution is 2.12. The highest BCUT2D eigenvalue weighted by molar-refractivity contribution is 6.30. The van der Waals surface area contributed by atoms with Gasteiger partial charge in [-0.2, -0.15) is 0 Å². The van der Waals surface area contributed by atoms with Crippen molar-refractivity contribution in [1.82, 2.24) is 0 Å². The minimum atomic E-state index is -0.626. The number of carbonyl (C=O) groups excluding carboxylic acids is 1. The zero-order chi connectivity index (χ0) is 10.6. The summed E-state index contributed by atoms with van der Waals surface area (Å²) >= 11 is 5.78. The first-order valence-electron chi connectivity index (χ1n) is 4.21. The van der Waals surface area contributed by atoms with Gasteiger partial charge in [-0.3, -0.25) is 4.79 Å². The number of rotatable bonds is 3. The molecule has 0 fully saturated rings. The molecule has 0 aliphatic heterocycles. The van der Waals surface area contributed by atoms with Gasteiger partial charge in [-0.1, -0.05) is 23.7 Å². The standard InChI is InChI=1S/C10H12ClNO2.ClH/c1-14-10(13)9(12)6-7-3-2-4-8(11)5-7;/h2-5,9H,6,12H2,1H3;1H. The largest absolute Gasteiger partial charge is 0.468 e. The molecule has 5 heteroatoms. The predicted octanol–water partition coefficient (Wildman–Crippen LogP) is 1.80. The van der Waals surface area contributed by atoms with E-state index in [1.165, 1.54) is 7.11 Å². The summed E-state index contributed by atoms with van der Waals surface area (Å²) in [5, 5.41) is 0.638. The lowest BCUT2D eigenvalue weighted by Gasteiger charge is -2.08. The van der Waals surface area contributed by atoms with Crippen LogP contribution in [0.4, 0.5) is 0 Å². The summed E-state index contributed by atoms with van der Waals surface area (Å²) in [6.45, 7) is 0. The maximum Gasteiger partial charge on any atom is 0.322 e. The molecule has 0 saturated heterocycles. The van der Waals surface area contributed by atoms with E-state index in [2.05, 4.69) is 4.74 Å². The van der Waals surface area contributed by atoms with Crippen LogP contribution in [0.5, 0.6) is 0 Å². The van der Waals surface area contributed by atoms with Crippen LogP contribution in [0.25, 0.3) is 0 Å². The summed E-state index contributed by atoms with van der Waals surface area (Å²) in [6, 6.07) is 6.62. The number of hydrogen-bond donors (Lipinski definition) is 1. The first-order chi connectivity index (χ1) is 6.63. The van der Waals surface area contributed by atoms with Crippen molar-refractivity contribution in [1.29, 1.82) is 0 Å². The van der Waals surface area contributed by atoms with Gasteiger partial charge in [0.25, 0.3) is 0 Å². The highest BCUT2D eigenvalue weighted by atomic mass is 35.5. The van der Waals surface area contributed by atoms with Gasteiger partial charge in [0.05, 0.1) is 7.11 Å². The summed E-state index contributed by atoms with van der Waals surface area (Å²) in [6.07, 6.45) is 0.438. The van der Waals surface area contributed by atoms with Crippen molar-refractivity contribution in [2.45, 2.75) is 12.5 Å². The van der Waals surface area contributed by atoms with Crippen molar-refractivity contribution >= 4 is 30.0 Å². The number of hydrogen-bond acceptors (Lipinski definition) is 3. The minimum absolute atomic E-state index is 0. The average Bonchev–Trinajstić information content (AvgIpc) is 2.16. The molecule has 1 unspecified atom stereocenters. The topological polar surface area (TPSA) is 52.3 Å². The van der Waals surface area contributed by atoms with Gasteiger partial charge in [0.1, 0.15) is 6.04 Å². The molecule has 1 aromatic carbocycles. The van der Waals surface area contributed by atoms with Gasteiger partial charge in [0.15, 0.2) is 0 Å². The van der Waals surface area contributed by atoms with Crippen LogP contribution >= 0.6 is 24.0 Å². The second kappa shape index (κ2) is 6.67. The molecule has 0 radical (unpaired) electrons. The van der Waals surface area contributed by atoms with E-state index in [0.717, 1.165) is 5.56 Å². The van der Waals surface area contributed by atoms with Crippen molar-refractivity contribution < 1.29 is 9.53 Å². The SMILES string of the molecule is COC(=O)C(N)Cc1cccc(Cl)c1.Cl. The van der Waals surface area contributed by atoms with E-state index in [0.29, 0.717) is 11.4 Å². The maximum atomic E-state index is 11.0. The lowest BCUT2D eigenvalue weighted by Crippen LogP contribution is -2.33. The Balaban J connectivity index is 0.00000196. The summed E-state index contributed by atoms with van der Waals surface area (Å²) in [5.41, 5.74) is 6.52. The first-order valence-corrected chi connectivity index (χ1v) is 4.59. The Hall–Kier alpha value is -0.770. The Morgan fingerprint density at radius 3 is 2.80 bits per heavy atom. The van der Waals surface area contributed by atoms with Gasteiger partial charge < -0.3 is 10.5 Å². The van der Waals surface area contributed by atoms with Crippen LogP contribution in [-0.4, -0.2) is 19.1 Å². The van der Waals surface area contributed by atoms with Gasteiger partial charge >= 0.3 is 5.97 Å². The fraction of sp³-hybridized carbons (Fsp3) is 0.300. The molecule has 0 aliphatic carbocycles. The number of ether oxygens (including phenoxy) is 1. The van der Waals surface area contributed by atoms with Crippen LogP contribution < -0.4 is 5.73 Å². The van der Waals surface area contributed by atoms with E-state index in [1.807, 2.05) is 12.1 Å². The minimum Gasteiger partial charge on any atom is -0.468 e. The Morgan fingerprint density at radius 1 is 1.60 bits per heavy atom. The van der Waals surface area contributed by atoms with Crippen molar-refractivity contribution in [3.8, 4) is 0 Å². The number of esters is 1. The Kier molecular flexibility index (Phi) is 6.32. The Morgan fingerprint density at radius 2 is 2.27 bits per heavy atom. The summed E-state index contributed by atoms with van der Waals surface area (Å²) < 4.78 is 4.52. The summed E-state index contributed by atoms with van der Waals surface area (Å²) in [4.78, 5) is 11.0.